The second kappa shape index (κ2) is 4.28. The highest BCUT2D eigenvalue weighted by molar-refractivity contribution is 5.01. The van der Waals surface area contributed by atoms with Crippen molar-refractivity contribution >= 4 is 0 Å². The van der Waals surface area contributed by atoms with E-state index in [-0.39, 0.29) is 5.41 Å². The van der Waals surface area contributed by atoms with Crippen LogP contribution in [0.4, 0.5) is 0 Å². The van der Waals surface area contributed by atoms with Gasteiger partial charge in [-0.3, -0.25) is 4.90 Å². The van der Waals surface area contributed by atoms with Crippen LogP contribution in [0.2, 0.25) is 0 Å². The molecule has 1 saturated heterocycles. The average molecular weight is 265 g/mol. The first kappa shape index (κ1) is 13.1. The van der Waals surface area contributed by atoms with Gasteiger partial charge in [0.1, 0.15) is 0 Å². The van der Waals surface area contributed by atoms with E-state index in [0.29, 0.717) is 18.4 Å². The summed E-state index contributed by atoms with van der Waals surface area (Å²) in [5.41, 5.74) is -0.720. The average Bonchev–Trinajstić information content (AvgIpc) is 3.06. The molecule has 0 radical (unpaired) electrons. The Morgan fingerprint density at radius 1 is 1.32 bits per heavy atom. The maximum atomic E-state index is 10.4. The van der Waals surface area contributed by atoms with Crippen LogP contribution in [-0.2, 0) is 6.54 Å². The normalized spacial score (nSPS) is 31.6. The lowest BCUT2D eigenvalue weighted by atomic mass is 9.71. The van der Waals surface area contributed by atoms with Gasteiger partial charge in [-0.05, 0) is 26.2 Å². The molecule has 0 bridgehead atoms. The molecule has 1 aromatic rings. The molecular formula is C14H23N3O2. The first-order valence-electron chi connectivity index (χ1n) is 7.14. The van der Waals surface area contributed by atoms with Crippen molar-refractivity contribution in [1.82, 2.24) is 15.1 Å². The fourth-order valence-corrected chi connectivity index (χ4v) is 2.67. The molecule has 1 saturated carbocycles. The Hall–Kier alpha value is -0.940. The van der Waals surface area contributed by atoms with Gasteiger partial charge in [0.2, 0.25) is 11.8 Å². The third kappa shape index (κ3) is 2.54. The quantitative estimate of drug-likeness (QED) is 0.904. The fourth-order valence-electron chi connectivity index (χ4n) is 2.67. The van der Waals surface area contributed by atoms with E-state index in [1.165, 1.54) is 12.8 Å². The smallest absolute Gasteiger partial charge is 0.230 e. The lowest BCUT2D eigenvalue weighted by Crippen LogP contribution is -2.55. The predicted octanol–water partition coefficient (Wildman–Crippen LogP) is 1.93. The molecule has 3 rings (SSSR count). The highest BCUT2D eigenvalue weighted by Crippen LogP contribution is 2.40. The van der Waals surface area contributed by atoms with Crippen LogP contribution in [0.1, 0.15) is 57.7 Å². The summed E-state index contributed by atoms with van der Waals surface area (Å²) in [5, 5.41) is 18.6. The molecule has 19 heavy (non-hydrogen) atoms. The van der Waals surface area contributed by atoms with Crippen molar-refractivity contribution in [2.45, 2.75) is 58.1 Å². The minimum Gasteiger partial charge on any atom is -0.424 e. The predicted molar refractivity (Wildman–Crippen MR) is 70.6 cm³/mol. The summed E-state index contributed by atoms with van der Waals surface area (Å²) in [6.45, 7) is 8.57. The Morgan fingerprint density at radius 2 is 2.05 bits per heavy atom. The largest absolute Gasteiger partial charge is 0.424 e. The zero-order valence-electron chi connectivity index (χ0n) is 12.0. The molecule has 1 aliphatic heterocycles. The van der Waals surface area contributed by atoms with E-state index in [9.17, 15) is 5.11 Å². The maximum absolute atomic E-state index is 10.4. The van der Waals surface area contributed by atoms with Gasteiger partial charge in [-0.15, -0.1) is 10.2 Å². The number of aliphatic hydroxyl groups is 1. The van der Waals surface area contributed by atoms with E-state index >= 15 is 0 Å². The molecule has 2 heterocycles. The zero-order valence-corrected chi connectivity index (χ0v) is 12.0. The van der Waals surface area contributed by atoms with Crippen molar-refractivity contribution < 1.29 is 9.52 Å². The molecule has 5 nitrogen and oxygen atoms in total. The van der Waals surface area contributed by atoms with Crippen LogP contribution < -0.4 is 0 Å². The van der Waals surface area contributed by atoms with E-state index in [1.54, 1.807) is 0 Å². The van der Waals surface area contributed by atoms with Gasteiger partial charge in [0, 0.05) is 24.4 Å². The molecule has 1 aliphatic carbocycles. The van der Waals surface area contributed by atoms with E-state index in [1.807, 2.05) is 6.92 Å². The van der Waals surface area contributed by atoms with Crippen LogP contribution in [0.5, 0.6) is 0 Å². The molecular weight excluding hydrogens is 242 g/mol. The molecule has 1 atom stereocenters. The Bertz CT molecular complexity index is 463. The van der Waals surface area contributed by atoms with Gasteiger partial charge in [-0.2, -0.15) is 0 Å². The summed E-state index contributed by atoms with van der Waals surface area (Å²) in [5.74, 6) is 2.03. The number of aromatic nitrogens is 2. The summed E-state index contributed by atoms with van der Waals surface area (Å²) in [7, 11) is 0. The Balaban J connectivity index is 1.63. The second-order valence-corrected chi connectivity index (χ2v) is 6.93. The van der Waals surface area contributed by atoms with Gasteiger partial charge < -0.3 is 9.52 Å². The van der Waals surface area contributed by atoms with Crippen LogP contribution in [0.15, 0.2) is 4.42 Å². The van der Waals surface area contributed by atoms with Gasteiger partial charge in [0.05, 0.1) is 12.1 Å². The van der Waals surface area contributed by atoms with Crippen molar-refractivity contribution in [3.8, 4) is 0 Å². The zero-order chi connectivity index (χ0) is 13.7. The minimum absolute atomic E-state index is 0.120. The van der Waals surface area contributed by atoms with Gasteiger partial charge in [0.25, 0.3) is 0 Å². The van der Waals surface area contributed by atoms with Crippen LogP contribution in [-0.4, -0.2) is 38.9 Å². The summed E-state index contributed by atoms with van der Waals surface area (Å²) in [6.07, 6.45) is 3.14. The van der Waals surface area contributed by atoms with Crippen LogP contribution >= 0.6 is 0 Å². The van der Waals surface area contributed by atoms with E-state index in [4.69, 9.17) is 4.42 Å². The highest BCUT2D eigenvalue weighted by Gasteiger charge is 2.44. The SMILES string of the molecule is CC1(C)CN(Cc2nnc(C3CC3)o2)CCC1(C)O. The summed E-state index contributed by atoms with van der Waals surface area (Å²) < 4.78 is 5.70. The van der Waals surface area contributed by atoms with Crippen molar-refractivity contribution in [3.63, 3.8) is 0 Å². The van der Waals surface area contributed by atoms with Gasteiger partial charge in [0.15, 0.2) is 0 Å². The third-order valence-electron chi connectivity index (χ3n) is 4.76. The van der Waals surface area contributed by atoms with Crippen molar-refractivity contribution in [3.05, 3.63) is 11.8 Å². The molecule has 1 aromatic heterocycles. The van der Waals surface area contributed by atoms with Gasteiger partial charge >= 0.3 is 0 Å². The van der Waals surface area contributed by atoms with Crippen molar-refractivity contribution in [2.75, 3.05) is 13.1 Å². The number of hydrogen-bond acceptors (Lipinski definition) is 5. The standard InChI is InChI=1S/C14H23N3O2/c1-13(2)9-17(7-6-14(13,3)18)8-11-15-16-12(19-11)10-4-5-10/h10,18H,4-9H2,1-3H3. The van der Waals surface area contributed by atoms with E-state index in [0.717, 1.165) is 25.4 Å². The first-order chi connectivity index (χ1) is 8.87. The number of likely N-dealkylation sites (tertiary alicyclic amines) is 1. The van der Waals surface area contributed by atoms with Gasteiger partial charge in [-0.25, -0.2) is 0 Å². The van der Waals surface area contributed by atoms with Crippen LogP contribution in [0.25, 0.3) is 0 Å². The monoisotopic (exact) mass is 265 g/mol. The number of rotatable bonds is 3. The van der Waals surface area contributed by atoms with E-state index in [2.05, 4.69) is 28.9 Å². The maximum Gasteiger partial charge on any atom is 0.230 e. The number of piperidine rings is 1. The molecule has 0 amide bonds. The molecule has 106 valence electrons. The Morgan fingerprint density at radius 3 is 2.68 bits per heavy atom. The van der Waals surface area contributed by atoms with Crippen molar-refractivity contribution in [2.24, 2.45) is 5.41 Å². The minimum atomic E-state index is -0.600. The third-order valence-corrected chi connectivity index (χ3v) is 4.76. The van der Waals surface area contributed by atoms with Crippen molar-refractivity contribution in [1.29, 1.82) is 0 Å². The fraction of sp³-hybridized carbons (Fsp3) is 0.857. The highest BCUT2D eigenvalue weighted by atomic mass is 16.4. The summed E-state index contributed by atoms with van der Waals surface area (Å²) in [6, 6.07) is 0. The lowest BCUT2D eigenvalue weighted by Gasteiger charge is -2.48. The molecule has 2 aliphatic rings. The first-order valence-corrected chi connectivity index (χ1v) is 7.14. The van der Waals surface area contributed by atoms with Crippen LogP contribution in [0.3, 0.4) is 0 Å². The summed E-state index contributed by atoms with van der Waals surface area (Å²) >= 11 is 0. The molecule has 1 unspecified atom stereocenters. The molecule has 0 spiro atoms. The Labute approximate surface area is 114 Å². The molecule has 1 N–H and O–H groups in total. The Kier molecular flexibility index (Phi) is 2.94. The van der Waals surface area contributed by atoms with Gasteiger partial charge in [-0.1, -0.05) is 13.8 Å². The lowest BCUT2D eigenvalue weighted by molar-refractivity contribution is -0.108. The molecule has 5 heteroatoms. The summed E-state index contributed by atoms with van der Waals surface area (Å²) in [4.78, 5) is 2.29. The second-order valence-electron chi connectivity index (χ2n) is 6.93. The number of hydrogen-bond donors (Lipinski definition) is 1. The van der Waals surface area contributed by atoms with Crippen LogP contribution in [0, 0.1) is 5.41 Å². The number of nitrogens with zero attached hydrogens (tertiary/aromatic N) is 3. The molecule has 0 aromatic carbocycles. The topological polar surface area (TPSA) is 62.4 Å². The van der Waals surface area contributed by atoms with E-state index < -0.39 is 5.60 Å². The molecule has 2 fully saturated rings.